The van der Waals surface area contributed by atoms with Gasteiger partial charge in [0.05, 0.1) is 11.9 Å². The van der Waals surface area contributed by atoms with E-state index >= 15 is 0 Å². The minimum atomic E-state index is -1.04. The summed E-state index contributed by atoms with van der Waals surface area (Å²) in [5.41, 5.74) is 0.744. The zero-order chi connectivity index (χ0) is 15.3. The monoisotopic (exact) mass is 287 g/mol. The number of aliphatic hydroxyl groups is 1. The van der Waals surface area contributed by atoms with Crippen molar-refractivity contribution in [3.05, 3.63) is 59.5 Å². The van der Waals surface area contributed by atoms with E-state index in [1.54, 1.807) is 37.5 Å². The molecule has 0 fully saturated rings. The molecule has 2 N–H and O–H groups in total. The molecular formula is C17H21NO3. The first kappa shape index (κ1) is 15.3. The number of furan rings is 1. The van der Waals surface area contributed by atoms with Crippen molar-refractivity contribution >= 4 is 5.91 Å². The van der Waals surface area contributed by atoms with Gasteiger partial charge in [0.15, 0.2) is 0 Å². The highest BCUT2D eigenvalue weighted by molar-refractivity contribution is 5.94. The number of hydrogen-bond acceptors (Lipinski definition) is 3. The summed E-state index contributed by atoms with van der Waals surface area (Å²) in [5, 5.41) is 13.0. The van der Waals surface area contributed by atoms with Crippen molar-refractivity contribution in [3.63, 3.8) is 0 Å². The summed E-state index contributed by atoms with van der Waals surface area (Å²) >= 11 is 0. The quantitative estimate of drug-likeness (QED) is 0.858. The number of amides is 1. The van der Waals surface area contributed by atoms with Gasteiger partial charge >= 0.3 is 0 Å². The van der Waals surface area contributed by atoms with Crippen LogP contribution in [0, 0.1) is 0 Å². The van der Waals surface area contributed by atoms with Crippen LogP contribution in [-0.4, -0.2) is 23.2 Å². The van der Waals surface area contributed by atoms with E-state index in [9.17, 15) is 9.90 Å². The highest BCUT2D eigenvalue weighted by Gasteiger charge is 2.23. The van der Waals surface area contributed by atoms with Gasteiger partial charge in [-0.25, -0.2) is 0 Å². The first-order valence-electron chi connectivity index (χ1n) is 7.12. The molecule has 1 aromatic heterocycles. The number of hydrogen-bond donors (Lipinski definition) is 2. The molecular weight excluding hydrogens is 266 g/mol. The minimum absolute atomic E-state index is 0.169. The van der Waals surface area contributed by atoms with E-state index in [-0.39, 0.29) is 12.5 Å². The second-order valence-electron chi connectivity index (χ2n) is 5.49. The van der Waals surface area contributed by atoms with Gasteiger partial charge in [0.1, 0.15) is 5.76 Å². The van der Waals surface area contributed by atoms with E-state index in [0.29, 0.717) is 17.7 Å². The largest absolute Gasteiger partial charge is 0.469 e. The molecule has 0 saturated carbocycles. The molecule has 112 valence electrons. The Balaban J connectivity index is 1.90. The third-order valence-corrected chi connectivity index (χ3v) is 3.39. The van der Waals surface area contributed by atoms with E-state index in [0.717, 1.165) is 6.42 Å². The molecule has 2 rings (SSSR count). The van der Waals surface area contributed by atoms with Crippen molar-refractivity contribution in [2.45, 2.75) is 32.3 Å². The van der Waals surface area contributed by atoms with Crippen LogP contribution in [0.25, 0.3) is 0 Å². The summed E-state index contributed by atoms with van der Waals surface area (Å²) in [6.07, 6.45) is 2.87. The van der Waals surface area contributed by atoms with Gasteiger partial charge in [0.25, 0.3) is 5.91 Å². The lowest BCUT2D eigenvalue weighted by Crippen LogP contribution is -2.42. The van der Waals surface area contributed by atoms with Gasteiger partial charge in [-0.15, -0.1) is 0 Å². The van der Waals surface area contributed by atoms with E-state index in [1.807, 2.05) is 12.1 Å². The summed E-state index contributed by atoms with van der Waals surface area (Å²) in [5.74, 6) is 0.513. The zero-order valence-corrected chi connectivity index (χ0v) is 12.4. The third-order valence-electron chi connectivity index (χ3n) is 3.39. The van der Waals surface area contributed by atoms with Gasteiger partial charge in [-0.05, 0) is 43.2 Å². The molecule has 0 bridgehead atoms. The van der Waals surface area contributed by atoms with Crippen LogP contribution in [0.15, 0.2) is 47.1 Å². The highest BCUT2D eigenvalue weighted by Crippen LogP contribution is 2.13. The highest BCUT2D eigenvalue weighted by atomic mass is 16.3. The second-order valence-corrected chi connectivity index (χ2v) is 5.49. The molecule has 0 spiro atoms. The number of aryl methyl sites for hydroxylation is 1. The topological polar surface area (TPSA) is 62.5 Å². The van der Waals surface area contributed by atoms with Gasteiger partial charge in [-0.1, -0.05) is 19.1 Å². The van der Waals surface area contributed by atoms with Crippen LogP contribution in [0.4, 0.5) is 0 Å². The number of carbonyl (C=O) groups is 1. The lowest BCUT2D eigenvalue weighted by atomic mass is 10.0. The van der Waals surface area contributed by atoms with Gasteiger partial charge in [-0.2, -0.15) is 0 Å². The second kappa shape index (κ2) is 6.59. The van der Waals surface area contributed by atoms with Crippen molar-refractivity contribution in [2.24, 2.45) is 0 Å². The van der Waals surface area contributed by atoms with Crippen molar-refractivity contribution in [2.75, 3.05) is 6.54 Å². The summed E-state index contributed by atoms with van der Waals surface area (Å²) in [6.45, 7) is 3.92. The average molecular weight is 287 g/mol. The SMILES string of the molecule is CCc1ccc(C(=O)NCC(C)(O)Cc2ccco2)cc1. The maximum atomic E-state index is 12.0. The van der Waals surface area contributed by atoms with E-state index in [4.69, 9.17) is 4.42 Å². The molecule has 1 aromatic carbocycles. The van der Waals surface area contributed by atoms with Gasteiger partial charge in [0.2, 0.25) is 0 Å². The van der Waals surface area contributed by atoms with Crippen LogP contribution < -0.4 is 5.32 Å². The molecule has 1 heterocycles. The molecule has 0 radical (unpaired) electrons. The predicted molar refractivity (Wildman–Crippen MR) is 81.2 cm³/mol. The Kier molecular flexibility index (Phi) is 4.81. The minimum Gasteiger partial charge on any atom is -0.469 e. The zero-order valence-electron chi connectivity index (χ0n) is 12.4. The molecule has 21 heavy (non-hydrogen) atoms. The Hall–Kier alpha value is -2.07. The smallest absolute Gasteiger partial charge is 0.251 e. The first-order valence-corrected chi connectivity index (χ1v) is 7.12. The fourth-order valence-corrected chi connectivity index (χ4v) is 2.12. The van der Waals surface area contributed by atoms with E-state index in [1.165, 1.54) is 5.56 Å². The van der Waals surface area contributed by atoms with Crippen LogP contribution in [0.5, 0.6) is 0 Å². The van der Waals surface area contributed by atoms with Gasteiger partial charge in [-0.3, -0.25) is 4.79 Å². The van der Waals surface area contributed by atoms with Crippen molar-refractivity contribution < 1.29 is 14.3 Å². The van der Waals surface area contributed by atoms with Crippen molar-refractivity contribution in [1.82, 2.24) is 5.32 Å². The number of rotatable bonds is 6. The molecule has 0 aliphatic heterocycles. The van der Waals surface area contributed by atoms with Gasteiger partial charge < -0.3 is 14.8 Å². The Morgan fingerprint density at radius 3 is 2.57 bits per heavy atom. The Labute approximate surface area is 124 Å². The third kappa shape index (κ3) is 4.46. The van der Waals surface area contributed by atoms with E-state index in [2.05, 4.69) is 12.2 Å². The lowest BCUT2D eigenvalue weighted by molar-refractivity contribution is 0.0510. The van der Waals surface area contributed by atoms with E-state index < -0.39 is 5.60 Å². The Morgan fingerprint density at radius 1 is 1.29 bits per heavy atom. The normalized spacial score (nSPS) is 13.7. The van der Waals surface area contributed by atoms with Crippen LogP contribution in [0.1, 0.15) is 35.5 Å². The Morgan fingerprint density at radius 2 is 2.00 bits per heavy atom. The number of carbonyl (C=O) groups excluding carboxylic acids is 1. The average Bonchev–Trinajstić information content (AvgIpc) is 2.97. The van der Waals surface area contributed by atoms with Crippen LogP contribution in [-0.2, 0) is 12.8 Å². The summed E-state index contributed by atoms with van der Waals surface area (Å²) < 4.78 is 5.21. The van der Waals surface area contributed by atoms with Crippen LogP contribution in [0.2, 0.25) is 0 Å². The summed E-state index contributed by atoms with van der Waals surface area (Å²) in [6, 6.07) is 11.1. The standard InChI is InChI=1S/C17H21NO3/c1-3-13-6-8-14(9-7-13)16(19)18-12-17(2,20)11-15-5-4-10-21-15/h4-10,20H,3,11-12H2,1-2H3,(H,18,19). The first-order chi connectivity index (χ1) is 10.00. The molecule has 1 unspecified atom stereocenters. The summed E-state index contributed by atoms with van der Waals surface area (Å²) in [7, 11) is 0. The molecule has 4 nitrogen and oxygen atoms in total. The summed E-state index contributed by atoms with van der Waals surface area (Å²) in [4.78, 5) is 12.0. The van der Waals surface area contributed by atoms with Crippen LogP contribution >= 0.6 is 0 Å². The lowest BCUT2D eigenvalue weighted by Gasteiger charge is -2.22. The molecule has 0 aliphatic rings. The number of benzene rings is 1. The molecule has 1 amide bonds. The predicted octanol–water partition coefficient (Wildman–Crippen LogP) is 2.57. The molecule has 1 atom stereocenters. The molecule has 4 heteroatoms. The Bertz CT molecular complexity index is 571. The van der Waals surface area contributed by atoms with Crippen molar-refractivity contribution in [3.8, 4) is 0 Å². The fraction of sp³-hybridized carbons (Fsp3) is 0.353. The number of nitrogens with one attached hydrogen (secondary N) is 1. The molecule has 0 aliphatic carbocycles. The van der Waals surface area contributed by atoms with Crippen molar-refractivity contribution in [1.29, 1.82) is 0 Å². The molecule has 2 aromatic rings. The van der Waals surface area contributed by atoms with Crippen LogP contribution in [0.3, 0.4) is 0 Å². The maximum Gasteiger partial charge on any atom is 0.251 e. The maximum absolute atomic E-state index is 12.0. The van der Waals surface area contributed by atoms with Gasteiger partial charge in [0, 0.05) is 18.5 Å². The molecule has 0 saturated heterocycles. The fourth-order valence-electron chi connectivity index (χ4n) is 2.12.